The second-order valence-electron chi connectivity index (χ2n) is 8.81. The summed E-state index contributed by atoms with van der Waals surface area (Å²) in [6, 6.07) is 31.9. The molecule has 2 aromatic heterocycles. The Morgan fingerprint density at radius 2 is 1.49 bits per heavy atom. The summed E-state index contributed by atoms with van der Waals surface area (Å²) >= 11 is 0. The minimum Gasteiger partial charge on any atom is -0.489 e. The van der Waals surface area contributed by atoms with E-state index in [9.17, 15) is 4.79 Å². The average Bonchev–Trinajstić information content (AvgIpc) is 3.35. The van der Waals surface area contributed by atoms with E-state index in [-0.39, 0.29) is 6.42 Å². The molecule has 37 heavy (non-hydrogen) atoms. The lowest BCUT2D eigenvalue weighted by Crippen LogP contribution is -2.01. The second-order valence-corrected chi connectivity index (χ2v) is 8.81. The highest BCUT2D eigenvalue weighted by molar-refractivity contribution is 5.69. The Labute approximate surface area is 215 Å². The first-order valence-corrected chi connectivity index (χ1v) is 12.2. The molecular formula is C31H27N3O3. The Balaban J connectivity index is 1.22. The fourth-order valence-corrected chi connectivity index (χ4v) is 4.14. The molecule has 0 spiro atoms. The van der Waals surface area contributed by atoms with Crippen LogP contribution in [0.15, 0.2) is 109 Å². The zero-order valence-corrected chi connectivity index (χ0v) is 20.3. The quantitative estimate of drug-likeness (QED) is 0.251. The molecule has 6 nitrogen and oxygen atoms in total. The molecule has 0 aliphatic rings. The van der Waals surface area contributed by atoms with E-state index in [1.54, 1.807) is 0 Å². The largest absolute Gasteiger partial charge is 0.489 e. The standard InChI is InChI=1S/C31H27N3O3/c35-30(36)18-14-27-21-34(33-31(27)26-9-5-2-6-10-26)20-23-11-15-28(16-12-23)37-22-24-13-17-29(32-19-24)25-7-3-1-4-8-25/h1-13,15-17,19,21H,14,18,20,22H2,(H,35,36). The van der Waals surface area contributed by atoms with Crippen molar-refractivity contribution in [1.82, 2.24) is 14.8 Å². The number of aromatic nitrogens is 3. The van der Waals surface area contributed by atoms with Gasteiger partial charge in [0.25, 0.3) is 0 Å². The lowest BCUT2D eigenvalue weighted by atomic mass is 10.0. The van der Waals surface area contributed by atoms with Crippen LogP contribution in [0.3, 0.4) is 0 Å². The van der Waals surface area contributed by atoms with Crippen LogP contribution in [0, 0.1) is 0 Å². The Hall–Kier alpha value is -4.71. The molecule has 6 heteroatoms. The highest BCUT2D eigenvalue weighted by atomic mass is 16.5. The molecule has 3 aromatic carbocycles. The van der Waals surface area contributed by atoms with Crippen LogP contribution in [0.4, 0.5) is 0 Å². The van der Waals surface area contributed by atoms with Crippen LogP contribution in [-0.2, 0) is 24.4 Å². The summed E-state index contributed by atoms with van der Waals surface area (Å²) in [6.45, 7) is 1.02. The molecule has 0 fully saturated rings. The van der Waals surface area contributed by atoms with Gasteiger partial charge in [0.05, 0.1) is 17.9 Å². The fourth-order valence-electron chi connectivity index (χ4n) is 4.14. The highest BCUT2D eigenvalue weighted by Crippen LogP contribution is 2.24. The van der Waals surface area contributed by atoms with Crippen molar-refractivity contribution in [2.45, 2.75) is 26.0 Å². The normalized spacial score (nSPS) is 10.8. The molecule has 0 bridgehead atoms. The fraction of sp³-hybridized carbons (Fsp3) is 0.129. The molecule has 0 unspecified atom stereocenters. The number of rotatable bonds is 10. The van der Waals surface area contributed by atoms with Gasteiger partial charge >= 0.3 is 5.97 Å². The van der Waals surface area contributed by atoms with Gasteiger partial charge in [0.2, 0.25) is 0 Å². The third kappa shape index (κ3) is 6.30. The van der Waals surface area contributed by atoms with Crippen molar-refractivity contribution in [3.63, 3.8) is 0 Å². The van der Waals surface area contributed by atoms with Gasteiger partial charge in [-0.3, -0.25) is 14.5 Å². The molecule has 0 aliphatic carbocycles. The number of benzene rings is 3. The summed E-state index contributed by atoms with van der Waals surface area (Å²) in [7, 11) is 0. The molecule has 5 rings (SSSR count). The van der Waals surface area contributed by atoms with Crippen molar-refractivity contribution in [3.05, 3.63) is 126 Å². The van der Waals surface area contributed by atoms with Crippen LogP contribution in [0.2, 0.25) is 0 Å². The number of aryl methyl sites for hydroxylation is 1. The van der Waals surface area contributed by atoms with Gasteiger partial charge in [0, 0.05) is 35.5 Å². The van der Waals surface area contributed by atoms with Crippen LogP contribution < -0.4 is 4.74 Å². The summed E-state index contributed by atoms with van der Waals surface area (Å²) < 4.78 is 7.83. The molecule has 0 radical (unpaired) electrons. The van der Waals surface area contributed by atoms with Gasteiger partial charge in [0.1, 0.15) is 12.4 Å². The van der Waals surface area contributed by atoms with E-state index in [1.165, 1.54) is 0 Å². The van der Waals surface area contributed by atoms with E-state index < -0.39 is 5.97 Å². The van der Waals surface area contributed by atoms with Crippen molar-refractivity contribution in [1.29, 1.82) is 0 Å². The van der Waals surface area contributed by atoms with Crippen LogP contribution in [0.5, 0.6) is 5.75 Å². The number of carboxylic acids is 1. The molecule has 184 valence electrons. The molecule has 1 N–H and O–H groups in total. The Morgan fingerprint density at radius 1 is 0.811 bits per heavy atom. The number of ether oxygens (including phenoxy) is 1. The first-order chi connectivity index (χ1) is 18.1. The maximum absolute atomic E-state index is 11.1. The number of aliphatic carboxylic acids is 1. The van der Waals surface area contributed by atoms with Crippen LogP contribution in [0.1, 0.15) is 23.1 Å². The van der Waals surface area contributed by atoms with Crippen molar-refractivity contribution < 1.29 is 14.6 Å². The number of carboxylic acid groups (broad SMARTS) is 1. The molecule has 0 aliphatic heterocycles. The molecule has 0 saturated heterocycles. The van der Waals surface area contributed by atoms with Gasteiger partial charge in [-0.2, -0.15) is 5.10 Å². The third-order valence-electron chi connectivity index (χ3n) is 6.06. The minimum absolute atomic E-state index is 0.0715. The number of pyridine rings is 1. The van der Waals surface area contributed by atoms with Gasteiger partial charge < -0.3 is 9.84 Å². The first kappa shape index (κ1) is 24.0. The maximum atomic E-state index is 11.1. The molecule has 5 aromatic rings. The summed E-state index contributed by atoms with van der Waals surface area (Å²) in [6.07, 6.45) is 4.30. The molecule has 0 amide bonds. The Bertz CT molecular complexity index is 1450. The minimum atomic E-state index is -0.815. The Morgan fingerprint density at radius 3 is 2.14 bits per heavy atom. The lowest BCUT2D eigenvalue weighted by Gasteiger charge is -2.08. The van der Waals surface area contributed by atoms with E-state index in [1.807, 2.05) is 114 Å². The molecular weight excluding hydrogens is 462 g/mol. The zero-order valence-electron chi connectivity index (χ0n) is 20.3. The summed E-state index contributed by atoms with van der Waals surface area (Å²) in [5, 5.41) is 13.9. The predicted molar refractivity (Wildman–Crippen MR) is 143 cm³/mol. The van der Waals surface area contributed by atoms with Gasteiger partial charge in [-0.1, -0.05) is 78.9 Å². The highest BCUT2D eigenvalue weighted by Gasteiger charge is 2.13. The Kier molecular flexibility index (Phi) is 7.36. The smallest absolute Gasteiger partial charge is 0.303 e. The molecule has 2 heterocycles. The number of hydrogen-bond acceptors (Lipinski definition) is 4. The van der Waals surface area contributed by atoms with Gasteiger partial charge in [-0.15, -0.1) is 0 Å². The predicted octanol–water partition coefficient (Wildman–Crippen LogP) is 6.26. The van der Waals surface area contributed by atoms with Crippen LogP contribution in [0.25, 0.3) is 22.5 Å². The van der Waals surface area contributed by atoms with E-state index in [0.717, 1.165) is 45.0 Å². The van der Waals surface area contributed by atoms with E-state index in [4.69, 9.17) is 14.9 Å². The van der Waals surface area contributed by atoms with Crippen LogP contribution in [-0.4, -0.2) is 25.8 Å². The lowest BCUT2D eigenvalue weighted by molar-refractivity contribution is -0.136. The topological polar surface area (TPSA) is 77.2 Å². The SMILES string of the molecule is O=C(O)CCc1cn(Cc2ccc(OCc3ccc(-c4ccccc4)nc3)cc2)nc1-c1ccccc1. The monoisotopic (exact) mass is 489 g/mol. The zero-order chi connectivity index (χ0) is 25.5. The van der Waals surface area contributed by atoms with Crippen molar-refractivity contribution >= 4 is 5.97 Å². The van der Waals surface area contributed by atoms with Crippen molar-refractivity contribution in [2.24, 2.45) is 0 Å². The molecule has 0 saturated carbocycles. The van der Waals surface area contributed by atoms with Crippen molar-refractivity contribution in [3.8, 4) is 28.3 Å². The first-order valence-electron chi connectivity index (χ1n) is 12.2. The van der Waals surface area contributed by atoms with E-state index >= 15 is 0 Å². The maximum Gasteiger partial charge on any atom is 0.303 e. The van der Waals surface area contributed by atoms with E-state index in [2.05, 4.69) is 4.98 Å². The summed E-state index contributed by atoms with van der Waals surface area (Å²) in [4.78, 5) is 15.7. The van der Waals surface area contributed by atoms with Gasteiger partial charge in [0.15, 0.2) is 0 Å². The van der Waals surface area contributed by atoms with Crippen LogP contribution >= 0.6 is 0 Å². The van der Waals surface area contributed by atoms with Gasteiger partial charge in [-0.25, -0.2) is 0 Å². The number of carbonyl (C=O) groups is 1. The number of nitrogens with zero attached hydrogens (tertiary/aromatic N) is 3. The second kappa shape index (κ2) is 11.4. The van der Waals surface area contributed by atoms with E-state index in [0.29, 0.717) is 19.6 Å². The van der Waals surface area contributed by atoms with Crippen molar-refractivity contribution in [2.75, 3.05) is 0 Å². The average molecular weight is 490 g/mol. The summed E-state index contributed by atoms with van der Waals surface area (Å²) in [5.74, 6) is -0.0336. The number of hydrogen-bond donors (Lipinski definition) is 1. The third-order valence-corrected chi connectivity index (χ3v) is 6.06. The molecule has 0 atom stereocenters. The summed E-state index contributed by atoms with van der Waals surface area (Å²) in [5.41, 5.74) is 6.85. The van der Waals surface area contributed by atoms with Gasteiger partial charge in [-0.05, 0) is 35.7 Å².